The highest BCUT2D eigenvalue weighted by atomic mass is 16.3. The lowest BCUT2D eigenvalue weighted by Crippen LogP contribution is -2.57. The summed E-state index contributed by atoms with van der Waals surface area (Å²) in [6.07, 6.45) is 2.02. The van der Waals surface area contributed by atoms with E-state index in [1.807, 2.05) is 24.3 Å². The van der Waals surface area contributed by atoms with Gasteiger partial charge in [0.15, 0.2) is 0 Å². The third-order valence-electron chi connectivity index (χ3n) is 8.05. The van der Waals surface area contributed by atoms with Gasteiger partial charge in [0.2, 0.25) is 5.91 Å². The first-order valence-electron chi connectivity index (χ1n) is 12.7. The van der Waals surface area contributed by atoms with Crippen LogP contribution in [-0.4, -0.2) is 46.7 Å². The van der Waals surface area contributed by atoms with Crippen molar-refractivity contribution in [2.75, 3.05) is 19.6 Å². The number of likely N-dealkylation sites (tertiary alicyclic amines) is 1. The molecule has 0 radical (unpaired) electrons. The highest BCUT2D eigenvalue weighted by Gasteiger charge is 2.43. The molecule has 0 aromatic heterocycles. The van der Waals surface area contributed by atoms with Crippen LogP contribution in [0.1, 0.15) is 58.6 Å². The van der Waals surface area contributed by atoms with Crippen LogP contribution in [0, 0.1) is 17.8 Å². The molecule has 1 aliphatic heterocycles. The second-order valence-electron chi connectivity index (χ2n) is 10.9. The number of piperidine rings is 1. The predicted molar refractivity (Wildman–Crippen MR) is 138 cm³/mol. The van der Waals surface area contributed by atoms with E-state index in [9.17, 15) is 15.0 Å². The molecule has 4 atom stereocenters. The lowest BCUT2D eigenvalue weighted by Gasteiger charge is -2.50. The Morgan fingerprint density at radius 1 is 1.12 bits per heavy atom. The van der Waals surface area contributed by atoms with Crippen molar-refractivity contribution in [1.29, 1.82) is 0 Å². The molecule has 1 aliphatic rings. The monoisotopic (exact) mass is 466 g/mol. The molecule has 2 aromatic carbocycles. The molecule has 2 aromatic rings. The van der Waals surface area contributed by atoms with Crippen LogP contribution in [0.2, 0.25) is 0 Å². The van der Waals surface area contributed by atoms with Crippen LogP contribution >= 0.6 is 0 Å². The molecule has 0 saturated carbocycles. The molecule has 1 amide bonds. The Hall–Kier alpha value is -2.53. The fourth-order valence-electron chi connectivity index (χ4n) is 5.03. The molecule has 3 rings (SSSR count). The van der Waals surface area contributed by atoms with Gasteiger partial charge in [-0.2, -0.15) is 0 Å². The molecule has 0 aliphatic carbocycles. The third-order valence-corrected chi connectivity index (χ3v) is 8.05. The number of carbonyl (C=O) groups excluding carboxylic acids is 1. The summed E-state index contributed by atoms with van der Waals surface area (Å²) in [5, 5.41) is 22.8. The quantitative estimate of drug-likeness (QED) is 0.480. The number of aromatic hydroxyl groups is 2. The van der Waals surface area contributed by atoms with Crippen molar-refractivity contribution >= 4 is 5.91 Å². The molecular weight excluding hydrogens is 424 g/mol. The average molecular weight is 467 g/mol. The number of aryl methyl sites for hydroxylation is 1. The minimum Gasteiger partial charge on any atom is -0.508 e. The van der Waals surface area contributed by atoms with Crippen molar-refractivity contribution in [2.45, 2.75) is 65.3 Å². The Kier molecular flexibility index (Phi) is 8.64. The Morgan fingerprint density at radius 3 is 2.47 bits per heavy atom. The minimum absolute atomic E-state index is 0.0580. The first-order valence-corrected chi connectivity index (χ1v) is 12.7. The highest BCUT2D eigenvalue weighted by Crippen LogP contribution is 2.43. The fourth-order valence-corrected chi connectivity index (χ4v) is 5.03. The van der Waals surface area contributed by atoms with E-state index >= 15 is 0 Å². The average Bonchev–Trinajstić information content (AvgIpc) is 2.80. The van der Waals surface area contributed by atoms with Crippen molar-refractivity contribution in [3.05, 3.63) is 59.7 Å². The number of phenolic OH excluding ortho intramolecular Hbond substituents is 2. The van der Waals surface area contributed by atoms with Crippen molar-refractivity contribution in [1.82, 2.24) is 10.2 Å². The smallest absolute Gasteiger partial charge is 0.220 e. The zero-order valence-electron chi connectivity index (χ0n) is 21.4. The van der Waals surface area contributed by atoms with E-state index in [1.54, 1.807) is 18.2 Å². The maximum Gasteiger partial charge on any atom is 0.220 e. The summed E-state index contributed by atoms with van der Waals surface area (Å²) in [6, 6.07) is 15.0. The van der Waals surface area contributed by atoms with Crippen LogP contribution in [0.4, 0.5) is 0 Å². The Bertz CT molecular complexity index is 943. The number of amides is 1. The lowest BCUT2D eigenvalue weighted by molar-refractivity contribution is -0.121. The van der Waals surface area contributed by atoms with E-state index in [1.165, 1.54) is 5.56 Å². The van der Waals surface area contributed by atoms with Crippen LogP contribution in [-0.2, 0) is 16.6 Å². The van der Waals surface area contributed by atoms with Crippen LogP contribution in [0.5, 0.6) is 11.5 Å². The second-order valence-corrected chi connectivity index (χ2v) is 10.9. The molecular formula is C29H42N2O3. The summed E-state index contributed by atoms with van der Waals surface area (Å²) in [5.74, 6) is 2.21. The number of phenols is 2. The minimum atomic E-state index is -0.0717. The maximum absolute atomic E-state index is 12.7. The van der Waals surface area contributed by atoms with E-state index in [-0.39, 0.29) is 23.1 Å². The van der Waals surface area contributed by atoms with Gasteiger partial charge in [0, 0.05) is 32.1 Å². The molecule has 186 valence electrons. The molecule has 1 fully saturated rings. The fraction of sp³-hybridized carbons (Fsp3) is 0.552. The summed E-state index contributed by atoms with van der Waals surface area (Å²) in [6.45, 7) is 14.1. The summed E-state index contributed by atoms with van der Waals surface area (Å²) in [7, 11) is 0. The van der Waals surface area contributed by atoms with Gasteiger partial charge >= 0.3 is 0 Å². The zero-order chi connectivity index (χ0) is 24.9. The Labute approximate surface area is 205 Å². The third kappa shape index (κ3) is 6.53. The summed E-state index contributed by atoms with van der Waals surface area (Å²) >= 11 is 0. The van der Waals surface area contributed by atoms with Crippen molar-refractivity contribution in [3.63, 3.8) is 0 Å². The molecule has 0 spiro atoms. The van der Waals surface area contributed by atoms with Crippen molar-refractivity contribution in [3.8, 4) is 11.5 Å². The summed E-state index contributed by atoms with van der Waals surface area (Å²) < 4.78 is 0. The van der Waals surface area contributed by atoms with Gasteiger partial charge in [-0.05, 0) is 71.4 Å². The molecule has 1 heterocycles. The Morgan fingerprint density at radius 2 is 1.82 bits per heavy atom. The predicted octanol–water partition coefficient (Wildman–Crippen LogP) is 5.11. The van der Waals surface area contributed by atoms with Gasteiger partial charge < -0.3 is 15.5 Å². The largest absolute Gasteiger partial charge is 0.508 e. The SMILES string of the molecule is CC(C)[C@@H](C)CN1CC(C)C(C)(c2cccc(O)c2)CC1CNC(=O)CCc1ccc(O)cc1. The van der Waals surface area contributed by atoms with Gasteiger partial charge in [-0.15, -0.1) is 0 Å². The first kappa shape index (κ1) is 26.1. The van der Waals surface area contributed by atoms with Crippen molar-refractivity contribution in [2.24, 2.45) is 17.8 Å². The van der Waals surface area contributed by atoms with E-state index in [0.29, 0.717) is 42.9 Å². The lowest BCUT2D eigenvalue weighted by atomic mass is 9.65. The molecule has 0 bridgehead atoms. The molecule has 5 nitrogen and oxygen atoms in total. The van der Waals surface area contributed by atoms with Crippen LogP contribution in [0.3, 0.4) is 0 Å². The van der Waals surface area contributed by atoms with Gasteiger partial charge in [-0.25, -0.2) is 0 Å². The molecule has 1 saturated heterocycles. The van der Waals surface area contributed by atoms with Gasteiger partial charge in [0.05, 0.1) is 0 Å². The molecule has 3 N–H and O–H groups in total. The number of hydrogen-bond donors (Lipinski definition) is 3. The van der Waals surface area contributed by atoms with E-state index in [2.05, 4.69) is 50.9 Å². The van der Waals surface area contributed by atoms with Gasteiger partial charge in [-0.1, -0.05) is 58.9 Å². The number of rotatable bonds is 9. The van der Waals surface area contributed by atoms with Gasteiger partial charge in [0.1, 0.15) is 11.5 Å². The maximum atomic E-state index is 12.7. The standard InChI is InChI=1S/C29H42N2O3/c1-20(2)21(3)18-31-19-22(4)29(5,24-7-6-8-27(33)15-24)16-25(31)17-30-28(34)14-11-23-9-12-26(32)13-10-23/h6-10,12-13,15,20-22,25,32-33H,11,14,16-19H2,1-5H3,(H,30,34)/t21-,22?,25?,29?/m0/s1. The summed E-state index contributed by atoms with van der Waals surface area (Å²) in [5.41, 5.74) is 2.14. The number of carbonyl (C=O) groups is 1. The normalized spacial score (nSPS) is 24.2. The van der Waals surface area contributed by atoms with Gasteiger partial charge in [0.25, 0.3) is 0 Å². The molecule has 5 heteroatoms. The van der Waals surface area contributed by atoms with E-state index in [4.69, 9.17) is 0 Å². The zero-order valence-corrected chi connectivity index (χ0v) is 21.4. The second kappa shape index (κ2) is 11.3. The summed E-state index contributed by atoms with van der Waals surface area (Å²) in [4.78, 5) is 15.3. The molecule has 3 unspecified atom stereocenters. The van der Waals surface area contributed by atoms with Crippen molar-refractivity contribution < 1.29 is 15.0 Å². The van der Waals surface area contributed by atoms with E-state index in [0.717, 1.165) is 25.1 Å². The number of nitrogens with one attached hydrogen (secondary N) is 1. The number of nitrogens with zero attached hydrogens (tertiary/aromatic N) is 1. The number of benzene rings is 2. The first-order chi connectivity index (χ1) is 16.1. The molecule has 34 heavy (non-hydrogen) atoms. The van der Waals surface area contributed by atoms with Crippen LogP contribution in [0.25, 0.3) is 0 Å². The number of hydrogen-bond acceptors (Lipinski definition) is 4. The van der Waals surface area contributed by atoms with Crippen LogP contribution < -0.4 is 5.32 Å². The van der Waals surface area contributed by atoms with E-state index < -0.39 is 0 Å². The topological polar surface area (TPSA) is 72.8 Å². The highest BCUT2D eigenvalue weighted by molar-refractivity contribution is 5.76. The van der Waals surface area contributed by atoms with Crippen LogP contribution in [0.15, 0.2) is 48.5 Å². The Balaban J connectivity index is 1.69. The van der Waals surface area contributed by atoms with Gasteiger partial charge in [-0.3, -0.25) is 9.69 Å².